The van der Waals surface area contributed by atoms with Gasteiger partial charge in [-0.05, 0) is 31.2 Å². The standard InChI is InChI=1S/C12H15NO4S/c14-5-9(12(16)17)13-11(15)8-6-18-10-4-2-1-3-7(8)10/h6,9,14H,1-5H2,(H,13,15)(H,16,17)/t9-/m1/s1. The molecule has 1 aliphatic rings. The number of carboxylic acids is 1. The maximum absolute atomic E-state index is 12.0. The van der Waals surface area contributed by atoms with Gasteiger partial charge in [0.15, 0.2) is 6.04 Å². The Labute approximate surface area is 108 Å². The Kier molecular flexibility index (Phi) is 3.98. The molecule has 1 aliphatic carbocycles. The van der Waals surface area contributed by atoms with Crippen molar-refractivity contribution in [3.63, 3.8) is 0 Å². The molecule has 1 atom stereocenters. The number of carboxylic acid groups (broad SMARTS) is 1. The van der Waals surface area contributed by atoms with Crippen molar-refractivity contribution in [2.45, 2.75) is 31.7 Å². The van der Waals surface area contributed by atoms with Crippen molar-refractivity contribution in [3.05, 3.63) is 21.4 Å². The second-order valence-corrected chi connectivity index (χ2v) is 5.27. The normalized spacial score (nSPS) is 15.8. The molecule has 98 valence electrons. The number of carbonyl (C=O) groups is 2. The predicted octanol–water partition coefficient (Wildman–Crippen LogP) is 0.802. The molecule has 0 aromatic carbocycles. The van der Waals surface area contributed by atoms with Gasteiger partial charge < -0.3 is 15.5 Å². The van der Waals surface area contributed by atoms with Crippen LogP contribution in [0, 0.1) is 0 Å². The Morgan fingerprint density at radius 3 is 2.78 bits per heavy atom. The summed E-state index contributed by atoms with van der Waals surface area (Å²) in [5.41, 5.74) is 1.61. The van der Waals surface area contributed by atoms with Gasteiger partial charge in [-0.2, -0.15) is 0 Å². The molecule has 1 heterocycles. The van der Waals surface area contributed by atoms with Crippen LogP contribution in [0.1, 0.15) is 33.6 Å². The van der Waals surface area contributed by atoms with Gasteiger partial charge in [0.2, 0.25) is 0 Å². The van der Waals surface area contributed by atoms with Gasteiger partial charge >= 0.3 is 5.97 Å². The van der Waals surface area contributed by atoms with E-state index in [1.165, 1.54) is 4.88 Å². The third-order valence-electron chi connectivity index (χ3n) is 3.09. The van der Waals surface area contributed by atoms with Gasteiger partial charge in [-0.25, -0.2) is 4.79 Å². The molecule has 3 N–H and O–H groups in total. The first-order valence-corrected chi connectivity index (χ1v) is 6.75. The third-order valence-corrected chi connectivity index (χ3v) is 4.18. The maximum Gasteiger partial charge on any atom is 0.328 e. The minimum Gasteiger partial charge on any atom is -0.480 e. The SMILES string of the molecule is O=C(N[C@H](CO)C(=O)O)c1csc2c1CCCC2. The lowest BCUT2D eigenvalue weighted by molar-refractivity contribution is -0.140. The van der Waals surface area contributed by atoms with Crippen LogP contribution < -0.4 is 5.32 Å². The number of aliphatic hydroxyl groups excluding tert-OH is 1. The first-order valence-electron chi connectivity index (χ1n) is 5.87. The van der Waals surface area contributed by atoms with E-state index in [1.807, 2.05) is 0 Å². The molecule has 1 aromatic heterocycles. The highest BCUT2D eigenvalue weighted by Crippen LogP contribution is 2.30. The van der Waals surface area contributed by atoms with Crippen molar-refractivity contribution in [1.29, 1.82) is 0 Å². The summed E-state index contributed by atoms with van der Waals surface area (Å²) < 4.78 is 0. The number of aryl methyl sites for hydroxylation is 1. The van der Waals surface area contributed by atoms with Gasteiger partial charge in [0, 0.05) is 10.3 Å². The molecule has 2 rings (SSSR count). The van der Waals surface area contributed by atoms with E-state index in [0.29, 0.717) is 5.56 Å². The quantitative estimate of drug-likeness (QED) is 0.754. The zero-order valence-electron chi connectivity index (χ0n) is 9.81. The number of rotatable bonds is 4. The van der Waals surface area contributed by atoms with Gasteiger partial charge in [-0.3, -0.25) is 4.79 Å². The monoisotopic (exact) mass is 269 g/mol. The first-order chi connectivity index (χ1) is 8.63. The Morgan fingerprint density at radius 1 is 1.39 bits per heavy atom. The minimum absolute atomic E-state index is 0.407. The molecule has 1 aromatic rings. The summed E-state index contributed by atoms with van der Waals surface area (Å²) in [4.78, 5) is 23.9. The number of nitrogens with one attached hydrogen (secondary N) is 1. The number of fused-ring (bicyclic) bond motifs is 1. The van der Waals surface area contributed by atoms with Crippen molar-refractivity contribution in [1.82, 2.24) is 5.32 Å². The number of aliphatic hydroxyl groups is 1. The van der Waals surface area contributed by atoms with E-state index in [1.54, 1.807) is 16.7 Å². The average molecular weight is 269 g/mol. The molecule has 18 heavy (non-hydrogen) atoms. The number of hydrogen-bond donors (Lipinski definition) is 3. The molecule has 0 radical (unpaired) electrons. The van der Waals surface area contributed by atoms with Crippen LogP contribution in [0.4, 0.5) is 0 Å². The molecular formula is C12H15NO4S. The van der Waals surface area contributed by atoms with Gasteiger partial charge in [-0.1, -0.05) is 0 Å². The molecule has 1 amide bonds. The van der Waals surface area contributed by atoms with Crippen molar-refractivity contribution in [3.8, 4) is 0 Å². The van der Waals surface area contributed by atoms with Crippen molar-refractivity contribution < 1.29 is 19.8 Å². The van der Waals surface area contributed by atoms with Crippen LogP contribution in [0.5, 0.6) is 0 Å². The lowest BCUT2D eigenvalue weighted by atomic mass is 9.95. The number of thiophene rings is 1. The Morgan fingerprint density at radius 2 is 2.11 bits per heavy atom. The van der Waals surface area contributed by atoms with E-state index in [0.717, 1.165) is 31.2 Å². The minimum atomic E-state index is -1.24. The zero-order chi connectivity index (χ0) is 13.1. The molecule has 0 unspecified atom stereocenters. The van der Waals surface area contributed by atoms with Crippen LogP contribution in [-0.4, -0.2) is 34.7 Å². The molecular weight excluding hydrogens is 254 g/mol. The van der Waals surface area contributed by atoms with E-state index < -0.39 is 24.5 Å². The highest BCUT2D eigenvalue weighted by Gasteiger charge is 2.24. The van der Waals surface area contributed by atoms with Crippen LogP contribution in [0.3, 0.4) is 0 Å². The molecule has 0 fully saturated rings. The second kappa shape index (κ2) is 5.49. The smallest absolute Gasteiger partial charge is 0.328 e. The molecule has 0 spiro atoms. The third kappa shape index (κ3) is 2.54. The summed E-state index contributed by atoms with van der Waals surface area (Å²) in [6.45, 7) is -0.604. The Bertz CT molecular complexity index is 469. The summed E-state index contributed by atoms with van der Waals surface area (Å²) >= 11 is 1.55. The van der Waals surface area contributed by atoms with Crippen LogP contribution in [0.25, 0.3) is 0 Å². The highest BCUT2D eigenvalue weighted by atomic mass is 32.1. The fourth-order valence-electron chi connectivity index (χ4n) is 2.11. The topological polar surface area (TPSA) is 86.6 Å². The molecule has 5 nitrogen and oxygen atoms in total. The molecule has 0 aliphatic heterocycles. The van der Waals surface area contributed by atoms with Gasteiger partial charge in [0.05, 0.1) is 12.2 Å². The summed E-state index contributed by atoms with van der Waals surface area (Å²) in [5, 5.41) is 21.8. The summed E-state index contributed by atoms with van der Waals surface area (Å²) in [5.74, 6) is -1.63. The van der Waals surface area contributed by atoms with E-state index in [2.05, 4.69) is 5.32 Å². The van der Waals surface area contributed by atoms with Crippen molar-refractivity contribution >= 4 is 23.2 Å². The van der Waals surface area contributed by atoms with Gasteiger partial charge in [-0.15, -0.1) is 11.3 Å². The second-order valence-electron chi connectivity index (χ2n) is 4.31. The Hall–Kier alpha value is -1.40. The van der Waals surface area contributed by atoms with E-state index in [-0.39, 0.29) is 0 Å². The predicted molar refractivity (Wildman–Crippen MR) is 66.9 cm³/mol. The van der Waals surface area contributed by atoms with Crippen LogP contribution in [-0.2, 0) is 17.6 Å². The molecule has 0 saturated heterocycles. The van der Waals surface area contributed by atoms with Gasteiger partial charge in [0.25, 0.3) is 5.91 Å². The van der Waals surface area contributed by atoms with Crippen molar-refractivity contribution in [2.75, 3.05) is 6.61 Å². The molecule has 0 bridgehead atoms. The highest BCUT2D eigenvalue weighted by molar-refractivity contribution is 7.10. The van der Waals surface area contributed by atoms with Crippen LogP contribution >= 0.6 is 11.3 Å². The van der Waals surface area contributed by atoms with E-state index >= 15 is 0 Å². The summed E-state index contributed by atoms with van der Waals surface area (Å²) in [6, 6.07) is -1.24. The number of amides is 1. The largest absolute Gasteiger partial charge is 0.480 e. The lowest BCUT2D eigenvalue weighted by Crippen LogP contribution is -2.43. The molecule has 0 saturated carbocycles. The Balaban J connectivity index is 2.14. The zero-order valence-corrected chi connectivity index (χ0v) is 10.6. The van der Waals surface area contributed by atoms with Crippen molar-refractivity contribution in [2.24, 2.45) is 0 Å². The average Bonchev–Trinajstić information content (AvgIpc) is 2.79. The lowest BCUT2D eigenvalue weighted by Gasteiger charge is -2.14. The number of hydrogen-bond acceptors (Lipinski definition) is 4. The number of carbonyl (C=O) groups excluding carboxylic acids is 1. The fourth-order valence-corrected chi connectivity index (χ4v) is 3.23. The van der Waals surface area contributed by atoms with Gasteiger partial charge in [0.1, 0.15) is 0 Å². The van der Waals surface area contributed by atoms with E-state index in [9.17, 15) is 9.59 Å². The maximum atomic E-state index is 12.0. The van der Waals surface area contributed by atoms with Crippen LogP contribution in [0.2, 0.25) is 0 Å². The summed E-state index contributed by atoms with van der Waals surface area (Å²) in [7, 11) is 0. The summed E-state index contributed by atoms with van der Waals surface area (Å²) in [6.07, 6.45) is 4.07. The fraction of sp³-hybridized carbons (Fsp3) is 0.500. The number of aliphatic carboxylic acids is 1. The van der Waals surface area contributed by atoms with Crippen LogP contribution in [0.15, 0.2) is 5.38 Å². The van der Waals surface area contributed by atoms with E-state index in [4.69, 9.17) is 10.2 Å². The first kappa shape index (κ1) is 13.0. The molecule has 6 heteroatoms.